The minimum Gasteiger partial charge on any atom is -0.507 e. The molecule has 1 aromatic carbocycles. The Bertz CT molecular complexity index is 579. The largest absolute Gasteiger partial charge is 0.507 e. The lowest BCUT2D eigenvalue weighted by Crippen LogP contribution is -2.10. The van der Waals surface area contributed by atoms with Gasteiger partial charge in [-0.25, -0.2) is 0 Å². The van der Waals surface area contributed by atoms with Gasteiger partial charge in [0, 0.05) is 6.20 Å². The van der Waals surface area contributed by atoms with E-state index >= 15 is 0 Å². The third-order valence-corrected chi connectivity index (χ3v) is 2.48. The summed E-state index contributed by atoms with van der Waals surface area (Å²) in [6.45, 7) is 0. The highest BCUT2D eigenvalue weighted by molar-refractivity contribution is 6.13. The number of phenols is 1. The highest BCUT2D eigenvalue weighted by Crippen LogP contribution is 2.18. The molecule has 0 aliphatic rings. The molecule has 18 heavy (non-hydrogen) atoms. The molecule has 0 saturated heterocycles. The highest BCUT2D eigenvalue weighted by Gasteiger charge is 2.16. The molecule has 1 aromatic heterocycles. The quantitative estimate of drug-likeness (QED) is 0.658. The Morgan fingerprint density at radius 1 is 1.00 bits per heavy atom. The summed E-state index contributed by atoms with van der Waals surface area (Å²) in [5, 5.41) is 9.52. The second-order valence-electron chi connectivity index (χ2n) is 3.76. The third kappa shape index (κ3) is 2.60. The summed E-state index contributed by atoms with van der Waals surface area (Å²) in [5.41, 5.74) is 0.406. The molecule has 0 amide bonds. The zero-order valence-electron chi connectivity index (χ0n) is 9.54. The first-order chi connectivity index (χ1) is 8.68. The van der Waals surface area contributed by atoms with Gasteiger partial charge in [0.25, 0.3) is 0 Å². The molecule has 90 valence electrons. The summed E-state index contributed by atoms with van der Waals surface area (Å²) in [6, 6.07) is 11.1. The Kier molecular flexibility index (Phi) is 3.48. The van der Waals surface area contributed by atoms with Crippen LogP contribution in [0, 0.1) is 0 Å². The Morgan fingerprint density at radius 2 is 1.72 bits per heavy atom. The standard InChI is InChI=1S/C14H11NO3/c16-12-7-2-1-5-10(12)13(17)9-14(18)11-6-3-4-8-15-11/h1-8,16H,9H2. The van der Waals surface area contributed by atoms with E-state index in [-0.39, 0.29) is 29.2 Å². The molecule has 0 fully saturated rings. The Balaban J connectivity index is 2.14. The van der Waals surface area contributed by atoms with E-state index in [0.29, 0.717) is 0 Å². The van der Waals surface area contributed by atoms with E-state index in [4.69, 9.17) is 0 Å². The lowest BCUT2D eigenvalue weighted by atomic mass is 10.0. The summed E-state index contributed by atoms with van der Waals surface area (Å²) in [6.07, 6.45) is 1.20. The highest BCUT2D eigenvalue weighted by atomic mass is 16.3. The molecule has 1 heterocycles. The molecule has 0 radical (unpaired) electrons. The Hall–Kier alpha value is -2.49. The van der Waals surface area contributed by atoms with Crippen molar-refractivity contribution >= 4 is 11.6 Å². The molecule has 0 unspecified atom stereocenters. The van der Waals surface area contributed by atoms with Crippen molar-refractivity contribution in [3.8, 4) is 5.75 Å². The maximum absolute atomic E-state index is 11.8. The average molecular weight is 241 g/mol. The topological polar surface area (TPSA) is 67.3 Å². The molecule has 0 saturated carbocycles. The fraction of sp³-hybridized carbons (Fsp3) is 0.0714. The zero-order chi connectivity index (χ0) is 13.0. The second kappa shape index (κ2) is 5.23. The van der Waals surface area contributed by atoms with Crippen LogP contribution in [0.15, 0.2) is 48.7 Å². The fourth-order valence-electron chi connectivity index (χ4n) is 1.57. The molecule has 1 N–H and O–H groups in total. The number of benzene rings is 1. The predicted molar refractivity (Wildman–Crippen MR) is 65.6 cm³/mol. The lowest BCUT2D eigenvalue weighted by molar-refractivity contribution is 0.0890. The van der Waals surface area contributed by atoms with E-state index in [0.717, 1.165) is 0 Å². The number of para-hydroxylation sites is 1. The fourth-order valence-corrected chi connectivity index (χ4v) is 1.57. The van der Waals surface area contributed by atoms with Crippen molar-refractivity contribution in [2.75, 3.05) is 0 Å². The van der Waals surface area contributed by atoms with E-state index in [1.165, 1.54) is 18.3 Å². The molecular weight excluding hydrogens is 230 g/mol. The normalized spacial score (nSPS) is 10.0. The minimum atomic E-state index is -0.413. The molecule has 4 heteroatoms. The van der Waals surface area contributed by atoms with E-state index in [9.17, 15) is 14.7 Å². The molecule has 0 aliphatic carbocycles. The van der Waals surface area contributed by atoms with E-state index in [1.807, 2.05) is 0 Å². The zero-order valence-corrected chi connectivity index (χ0v) is 9.54. The van der Waals surface area contributed by atoms with E-state index in [1.54, 1.807) is 30.3 Å². The number of carbonyl (C=O) groups excluding carboxylic acids is 2. The van der Waals surface area contributed by atoms with Crippen LogP contribution in [0.1, 0.15) is 27.3 Å². The first kappa shape index (κ1) is 12.0. The van der Waals surface area contributed by atoms with Gasteiger partial charge in [-0.2, -0.15) is 0 Å². The van der Waals surface area contributed by atoms with Crippen molar-refractivity contribution in [2.24, 2.45) is 0 Å². The molecule has 0 atom stereocenters. The van der Waals surface area contributed by atoms with Gasteiger partial charge in [0.15, 0.2) is 11.6 Å². The van der Waals surface area contributed by atoms with Crippen LogP contribution in [0.5, 0.6) is 5.75 Å². The van der Waals surface area contributed by atoms with Gasteiger partial charge in [0.2, 0.25) is 0 Å². The summed E-state index contributed by atoms with van der Waals surface area (Å²) in [5.74, 6) is -0.885. The number of aromatic hydroxyl groups is 1. The minimum absolute atomic E-state index is 0.115. The number of rotatable bonds is 4. The van der Waals surface area contributed by atoms with Crippen LogP contribution in [-0.2, 0) is 0 Å². The Morgan fingerprint density at radius 3 is 2.39 bits per heavy atom. The second-order valence-corrected chi connectivity index (χ2v) is 3.76. The number of Topliss-reactive ketones (excluding diaryl/α,β-unsaturated/α-hetero) is 2. The van der Waals surface area contributed by atoms with Crippen LogP contribution in [0.4, 0.5) is 0 Å². The molecule has 4 nitrogen and oxygen atoms in total. The van der Waals surface area contributed by atoms with Crippen LogP contribution in [0.25, 0.3) is 0 Å². The molecular formula is C14H11NO3. The summed E-state index contributed by atoms with van der Waals surface area (Å²) < 4.78 is 0. The lowest BCUT2D eigenvalue weighted by Gasteiger charge is -2.02. The van der Waals surface area contributed by atoms with Gasteiger partial charge in [0.1, 0.15) is 11.4 Å². The summed E-state index contributed by atoms with van der Waals surface area (Å²) in [4.78, 5) is 27.5. The number of ketones is 2. The maximum Gasteiger partial charge on any atom is 0.188 e. The van der Waals surface area contributed by atoms with Crippen LogP contribution >= 0.6 is 0 Å². The maximum atomic E-state index is 11.8. The van der Waals surface area contributed by atoms with Gasteiger partial charge >= 0.3 is 0 Å². The van der Waals surface area contributed by atoms with Gasteiger partial charge < -0.3 is 5.11 Å². The first-order valence-corrected chi connectivity index (χ1v) is 5.44. The van der Waals surface area contributed by atoms with Crippen LogP contribution < -0.4 is 0 Å². The van der Waals surface area contributed by atoms with Crippen molar-refractivity contribution in [3.63, 3.8) is 0 Å². The van der Waals surface area contributed by atoms with Gasteiger partial charge in [-0.15, -0.1) is 0 Å². The number of aromatic nitrogens is 1. The molecule has 2 aromatic rings. The monoisotopic (exact) mass is 241 g/mol. The SMILES string of the molecule is O=C(CC(=O)c1ccccc1O)c1ccccn1. The number of pyridine rings is 1. The van der Waals surface area contributed by atoms with Crippen molar-refractivity contribution < 1.29 is 14.7 Å². The van der Waals surface area contributed by atoms with Crippen molar-refractivity contribution in [1.29, 1.82) is 0 Å². The number of hydrogen-bond donors (Lipinski definition) is 1. The van der Waals surface area contributed by atoms with Crippen molar-refractivity contribution in [3.05, 3.63) is 59.9 Å². The molecule has 0 aliphatic heterocycles. The predicted octanol–water partition coefficient (Wildman–Crippen LogP) is 2.24. The van der Waals surface area contributed by atoms with Gasteiger partial charge in [-0.3, -0.25) is 14.6 Å². The van der Waals surface area contributed by atoms with Crippen LogP contribution in [-0.4, -0.2) is 21.7 Å². The number of hydrogen-bond acceptors (Lipinski definition) is 4. The van der Waals surface area contributed by atoms with Crippen LogP contribution in [0.3, 0.4) is 0 Å². The summed E-state index contributed by atoms with van der Waals surface area (Å²) in [7, 11) is 0. The number of phenolic OH excluding ortho intramolecular Hbond substituents is 1. The van der Waals surface area contributed by atoms with Gasteiger partial charge in [0.05, 0.1) is 12.0 Å². The third-order valence-electron chi connectivity index (χ3n) is 2.48. The molecule has 2 rings (SSSR count). The number of nitrogens with zero attached hydrogens (tertiary/aromatic N) is 1. The van der Waals surface area contributed by atoms with Gasteiger partial charge in [-0.05, 0) is 24.3 Å². The van der Waals surface area contributed by atoms with Crippen molar-refractivity contribution in [1.82, 2.24) is 4.98 Å². The first-order valence-electron chi connectivity index (χ1n) is 5.44. The Labute approximate surface area is 104 Å². The van der Waals surface area contributed by atoms with Crippen molar-refractivity contribution in [2.45, 2.75) is 6.42 Å². The summed E-state index contributed by atoms with van der Waals surface area (Å²) >= 11 is 0. The molecule has 0 bridgehead atoms. The average Bonchev–Trinajstić information content (AvgIpc) is 2.40. The van der Waals surface area contributed by atoms with E-state index < -0.39 is 5.78 Å². The van der Waals surface area contributed by atoms with E-state index in [2.05, 4.69) is 4.98 Å². The van der Waals surface area contributed by atoms with Gasteiger partial charge in [-0.1, -0.05) is 18.2 Å². The smallest absolute Gasteiger partial charge is 0.188 e. The van der Waals surface area contributed by atoms with Crippen LogP contribution in [0.2, 0.25) is 0 Å². The molecule has 0 spiro atoms. The number of carbonyl (C=O) groups is 2.